The van der Waals surface area contributed by atoms with Crippen LogP contribution in [0.2, 0.25) is 0 Å². The number of carbonyl (C=O) groups excluding carboxylic acids is 1. The van der Waals surface area contributed by atoms with Crippen LogP contribution in [0.25, 0.3) is 17.0 Å². The highest BCUT2D eigenvalue weighted by Crippen LogP contribution is 2.33. The van der Waals surface area contributed by atoms with Gasteiger partial charge >= 0.3 is 0 Å². The zero-order valence-corrected chi connectivity index (χ0v) is 16.6. The van der Waals surface area contributed by atoms with Gasteiger partial charge < -0.3 is 4.57 Å². The number of thioether (sulfide) groups is 1. The maximum Gasteiger partial charge on any atom is 0.266 e. The van der Waals surface area contributed by atoms with Crippen molar-refractivity contribution in [2.75, 3.05) is 6.54 Å². The number of nitrogens with zero attached hydrogens (tertiary/aromatic N) is 2. The highest BCUT2D eigenvalue weighted by Gasteiger charge is 2.30. The van der Waals surface area contributed by atoms with Crippen LogP contribution < -0.4 is 0 Å². The Labute approximate surface area is 172 Å². The van der Waals surface area contributed by atoms with Gasteiger partial charge in [-0.3, -0.25) is 9.69 Å². The molecule has 0 N–H and O–H groups in total. The van der Waals surface area contributed by atoms with Gasteiger partial charge in [-0.15, -0.1) is 6.58 Å². The van der Waals surface area contributed by atoms with Gasteiger partial charge in [-0.1, -0.05) is 48.3 Å². The molecule has 0 unspecified atom stereocenters. The molecule has 0 spiro atoms. The summed E-state index contributed by atoms with van der Waals surface area (Å²) in [6.07, 6.45) is 5.52. The number of hydrogen-bond acceptors (Lipinski definition) is 3. The summed E-state index contributed by atoms with van der Waals surface area (Å²) >= 11 is 6.59. The lowest BCUT2D eigenvalue weighted by Gasteiger charge is -2.10. The van der Waals surface area contributed by atoms with Crippen LogP contribution in [0.3, 0.4) is 0 Å². The van der Waals surface area contributed by atoms with E-state index in [4.69, 9.17) is 12.2 Å². The lowest BCUT2D eigenvalue weighted by Crippen LogP contribution is -2.27. The third-order valence-corrected chi connectivity index (χ3v) is 5.90. The van der Waals surface area contributed by atoms with Crippen molar-refractivity contribution in [1.82, 2.24) is 9.47 Å². The molecule has 1 saturated heterocycles. The van der Waals surface area contributed by atoms with Gasteiger partial charge in [0, 0.05) is 30.2 Å². The molecule has 1 aromatic heterocycles. The second-order valence-electron chi connectivity index (χ2n) is 6.47. The van der Waals surface area contributed by atoms with E-state index in [1.54, 1.807) is 23.1 Å². The summed E-state index contributed by atoms with van der Waals surface area (Å²) in [5, 5.41) is 1.06. The number of rotatable bonds is 5. The molecule has 6 heteroatoms. The Morgan fingerprint density at radius 1 is 1.18 bits per heavy atom. The molecule has 0 bridgehead atoms. The number of benzene rings is 2. The largest absolute Gasteiger partial charge is 0.343 e. The highest BCUT2D eigenvalue weighted by molar-refractivity contribution is 8.26. The third-order valence-electron chi connectivity index (χ3n) is 4.52. The van der Waals surface area contributed by atoms with Crippen molar-refractivity contribution in [2.24, 2.45) is 0 Å². The van der Waals surface area contributed by atoms with Gasteiger partial charge in [0.2, 0.25) is 0 Å². The predicted octanol–water partition coefficient (Wildman–Crippen LogP) is 5.22. The molecule has 1 fully saturated rings. The van der Waals surface area contributed by atoms with Gasteiger partial charge in [0.1, 0.15) is 10.1 Å². The SMILES string of the molecule is C=CCN1C(=O)/C(=C\c2ccc3c(ccn3Cc3cccc(F)c3)c2)SC1=S. The van der Waals surface area contributed by atoms with Crippen LogP contribution in [0.5, 0.6) is 0 Å². The average molecular weight is 409 g/mol. The topological polar surface area (TPSA) is 25.2 Å². The number of fused-ring (bicyclic) bond motifs is 1. The lowest BCUT2D eigenvalue weighted by atomic mass is 10.1. The quantitative estimate of drug-likeness (QED) is 0.329. The lowest BCUT2D eigenvalue weighted by molar-refractivity contribution is -0.121. The molecule has 3 nitrogen and oxygen atoms in total. The number of thiocarbonyl (C=S) groups is 1. The van der Waals surface area contributed by atoms with Crippen molar-refractivity contribution in [1.29, 1.82) is 0 Å². The fourth-order valence-corrected chi connectivity index (χ4v) is 4.49. The molecule has 0 aliphatic carbocycles. The second kappa shape index (κ2) is 7.73. The molecule has 0 atom stereocenters. The summed E-state index contributed by atoms with van der Waals surface area (Å²) in [7, 11) is 0. The Hall–Kier alpha value is -2.70. The molecule has 2 aromatic carbocycles. The number of aromatic nitrogens is 1. The molecule has 1 aliphatic rings. The predicted molar refractivity (Wildman–Crippen MR) is 118 cm³/mol. The Morgan fingerprint density at radius 3 is 2.82 bits per heavy atom. The van der Waals surface area contributed by atoms with Crippen molar-refractivity contribution >= 4 is 51.2 Å². The maximum absolute atomic E-state index is 13.4. The van der Waals surface area contributed by atoms with E-state index in [9.17, 15) is 9.18 Å². The minimum atomic E-state index is -0.231. The summed E-state index contributed by atoms with van der Waals surface area (Å²) in [6.45, 7) is 4.69. The normalized spacial score (nSPS) is 15.8. The summed E-state index contributed by atoms with van der Waals surface area (Å²) in [5.41, 5.74) is 2.91. The Balaban J connectivity index is 1.60. The summed E-state index contributed by atoms with van der Waals surface area (Å²) in [5.74, 6) is -0.316. The van der Waals surface area contributed by atoms with Crippen molar-refractivity contribution in [3.63, 3.8) is 0 Å². The van der Waals surface area contributed by atoms with E-state index in [1.165, 1.54) is 17.8 Å². The van der Waals surface area contributed by atoms with Crippen LogP contribution in [0, 0.1) is 5.82 Å². The molecule has 0 saturated carbocycles. The fraction of sp³-hybridized carbons (Fsp3) is 0.0909. The van der Waals surface area contributed by atoms with Gasteiger partial charge in [-0.25, -0.2) is 4.39 Å². The summed E-state index contributed by atoms with van der Waals surface area (Å²) in [6, 6.07) is 14.7. The Morgan fingerprint density at radius 2 is 2.04 bits per heavy atom. The van der Waals surface area contributed by atoms with Gasteiger partial charge in [0.25, 0.3) is 5.91 Å². The Kier molecular flexibility index (Phi) is 5.15. The molecule has 2 heterocycles. The smallest absolute Gasteiger partial charge is 0.266 e. The van der Waals surface area contributed by atoms with Crippen molar-refractivity contribution < 1.29 is 9.18 Å². The first-order chi connectivity index (χ1) is 13.5. The van der Waals surface area contributed by atoms with E-state index in [1.807, 2.05) is 42.6 Å². The van der Waals surface area contributed by atoms with E-state index >= 15 is 0 Å². The fourth-order valence-electron chi connectivity index (χ4n) is 3.22. The van der Waals surface area contributed by atoms with E-state index in [0.717, 1.165) is 22.0 Å². The number of amides is 1. The average Bonchev–Trinajstić information content (AvgIpc) is 3.18. The molecule has 0 radical (unpaired) electrons. The molecule has 3 aromatic rings. The van der Waals surface area contributed by atoms with Gasteiger partial charge in [0.05, 0.1) is 4.91 Å². The maximum atomic E-state index is 13.4. The highest BCUT2D eigenvalue weighted by atomic mass is 32.2. The van der Waals surface area contributed by atoms with Crippen LogP contribution in [0.4, 0.5) is 4.39 Å². The Bertz CT molecular complexity index is 1130. The van der Waals surface area contributed by atoms with E-state index in [0.29, 0.717) is 22.3 Å². The third kappa shape index (κ3) is 3.66. The van der Waals surface area contributed by atoms with Crippen molar-refractivity contribution in [3.05, 3.63) is 89.2 Å². The zero-order chi connectivity index (χ0) is 19.7. The second-order valence-corrected chi connectivity index (χ2v) is 8.15. The molecule has 1 amide bonds. The van der Waals surface area contributed by atoms with Gasteiger partial charge in [0.15, 0.2) is 0 Å². The van der Waals surface area contributed by atoms with Gasteiger partial charge in [-0.05, 0) is 47.5 Å². The van der Waals surface area contributed by atoms with Crippen molar-refractivity contribution in [2.45, 2.75) is 6.54 Å². The first-order valence-corrected chi connectivity index (χ1v) is 9.97. The van der Waals surface area contributed by atoms with Crippen LogP contribution in [-0.2, 0) is 11.3 Å². The van der Waals surface area contributed by atoms with Crippen LogP contribution in [0.1, 0.15) is 11.1 Å². The van der Waals surface area contributed by atoms with Gasteiger partial charge in [-0.2, -0.15) is 0 Å². The van der Waals surface area contributed by atoms with E-state index in [-0.39, 0.29) is 11.7 Å². The zero-order valence-electron chi connectivity index (χ0n) is 15.0. The molecule has 28 heavy (non-hydrogen) atoms. The monoisotopic (exact) mass is 408 g/mol. The summed E-state index contributed by atoms with van der Waals surface area (Å²) in [4.78, 5) is 14.6. The first-order valence-electron chi connectivity index (χ1n) is 8.75. The molecular weight excluding hydrogens is 391 g/mol. The number of halogens is 1. The molecule has 4 rings (SSSR count). The first kappa shape index (κ1) is 18.7. The minimum Gasteiger partial charge on any atom is -0.343 e. The van der Waals surface area contributed by atoms with Crippen LogP contribution in [-0.4, -0.2) is 26.2 Å². The standard InChI is InChI=1S/C22H17FN2OS2/c1-2-9-25-21(26)20(28-22(25)27)13-15-6-7-19-17(11-15)8-10-24(19)14-16-4-3-5-18(23)12-16/h2-8,10-13H,1,9,14H2/b20-13+. The molecule has 1 aliphatic heterocycles. The van der Waals surface area contributed by atoms with Crippen molar-refractivity contribution in [3.8, 4) is 0 Å². The molecular formula is C22H17FN2OS2. The van der Waals surface area contributed by atoms with Crippen LogP contribution in [0.15, 0.2) is 72.3 Å². The van der Waals surface area contributed by atoms with E-state index < -0.39 is 0 Å². The summed E-state index contributed by atoms with van der Waals surface area (Å²) < 4.78 is 16.1. The molecule has 140 valence electrons. The van der Waals surface area contributed by atoms with Crippen LogP contribution >= 0.6 is 24.0 Å². The van der Waals surface area contributed by atoms with E-state index in [2.05, 4.69) is 11.1 Å². The minimum absolute atomic E-state index is 0.0846. The number of carbonyl (C=O) groups is 1. The number of hydrogen-bond donors (Lipinski definition) is 0.